The van der Waals surface area contributed by atoms with E-state index in [1.807, 2.05) is 9.80 Å². The predicted octanol–water partition coefficient (Wildman–Crippen LogP) is 1.61. The minimum absolute atomic E-state index is 0.0511. The molecule has 0 aliphatic carbocycles. The van der Waals surface area contributed by atoms with Gasteiger partial charge >= 0.3 is 0 Å². The molecule has 0 radical (unpaired) electrons. The van der Waals surface area contributed by atoms with Crippen LogP contribution in [-0.4, -0.2) is 60.5 Å². The van der Waals surface area contributed by atoms with Crippen molar-refractivity contribution in [3.05, 3.63) is 35.6 Å². The van der Waals surface area contributed by atoms with E-state index in [-0.39, 0.29) is 36.1 Å². The first-order valence-corrected chi connectivity index (χ1v) is 8.42. The van der Waals surface area contributed by atoms with E-state index in [9.17, 15) is 14.0 Å². The van der Waals surface area contributed by atoms with E-state index in [0.717, 1.165) is 18.4 Å². The number of hydrogen-bond acceptors (Lipinski definition) is 3. The second-order valence-corrected chi connectivity index (χ2v) is 6.43. The van der Waals surface area contributed by atoms with Crippen molar-refractivity contribution in [2.75, 3.05) is 26.8 Å². The van der Waals surface area contributed by atoms with Gasteiger partial charge < -0.3 is 14.5 Å². The maximum absolute atomic E-state index is 13.0. The zero-order valence-electron chi connectivity index (χ0n) is 13.9. The summed E-state index contributed by atoms with van der Waals surface area (Å²) in [5.41, 5.74) is 0.813. The van der Waals surface area contributed by atoms with Crippen LogP contribution in [0.3, 0.4) is 0 Å². The van der Waals surface area contributed by atoms with Crippen molar-refractivity contribution < 1.29 is 18.7 Å². The standard InChI is InChI=1S/C18H23FN2O3/c1-24-11-10-21-16-8-9-20(15(16)6-7-17(21)22)18(23)12-13-2-4-14(19)5-3-13/h2-5,15-16H,6-12H2,1H3. The number of ether oxygens (including phenoxy) is 1. The number of hydrogen-bond donors (Lipinski definition) is 0. The number of carbonyl (C=O) groups excluding carboxylic acids is 2. The number of carbonyl (C=O) groups is 2. The normalized spacial score (nSPS) is 23.5. The Morgan fingerprint density at radius 1 is 1.25 bits per heavy atom. The zero-order chi connectivity index (χ0) is 17.1. The SMILES string of the molecule is COCCN1C(=O)CCC2C1CCN2C(=O)Cc1ccc(F)cc1. The molecule has 2 saturated heterocycles. The van der Waals surface area contributed by atoms with Gasteiger partial charge in [0.2, 0.25) is 11.8 Å². The first-order chi connectivity index (χ1) is 11.6. The Morgan fingerprint density at radius 2 is 2.00 bits per heavy atom. The molecule has 0 bridgehead atoms. The first kappa shape index (κ1) is 16.9. The summed E-state index contributed by atoms with van der Waals surface area (Å²) >= 11 is 0. The van der Waals surface area contributed by atoms with Crippen LogP contribution in [0.2, 0.25) is 0 Å². The number of piperidine rings is 1. The highest BCUT2D eigenvalue weighted by atomic mass is 19.1. The largest absolute Gasteiger partial charge is 0.383 e. The van der Waals surface area contributed by atoms with Crippen molar-refractivity contribution in [2.45, 2.75) is 37.8 Å². The predicted molar refractivity (Wildman–Crippen MR) is 86.8 cm³/mol. The number of rotatable bonds is 5. The molecule has 3 rings (SSSR count). The van der Waals surface area contributed by atoms with E-state index < -0.39 is 0 Å². The molecule has 2 fully saturated rings. The lowest BCUT2D eigenvalue weighted by atomic mass is 9.96. The van der Waals surface area contributed by atoms with Gasteiger partial charge in [-0.15, -0.1) is 0 Å². The summed E-state index contributed by atoms with van der Waals surface area (Å²) in [6, 6.07) is 6.24. The molecule has 2 amide bonds. The highest BCUT2D eigenvalue weighted by Crippen LogP contribution is 2.31. The van der Waals surface area contributed by atoms with Gasteiger partial charge in [0.05, 0.1) is 25.1 Å². The number of fused-ring (bicyclic) bond motifs is 1. The summed E-state index contributed by atoms with van der Waals surface area (Å²) in [5, 5.41) is 0. The third-order valence-electron chi connectivity index (χ3n) is 5.01. The maximum atomic E-state index is 13.0. The van der Waals surface area contributed by atoms with Crippen LogP contribution in [0.1, 0.15) is 24.8 Å². The molecule has 1 aromatic rings. The Morgan fingerprint density at radius 3 is 2.71 bits per heavy atom. The average Bonchev–Trinajstić information content (AvgIpc) is 3.00. The molecular weight excluding hydrogens is 311 g/mol. The van der Waals surface area contributed by atoms with Gasteiger partial charge in [0.25, 0.3) is 0 Å². The van der Waals surface area contributed by atoms with E-state index in [4.69, 9.17) is 4.74 Å². The van der Waals surface area contributed by atoms with Gasteiger partial charge in [-0.1, -0.05) is 12.1 Å². The third-order valence-corrected chi connectivity index (χ3v) is 5.01. The molecule has 0 N–H and O–H groups in total. The quantitative estimate of drug-likeness (QED) is 0.822. The van der Waals surface area contributed by atoms with Crippen LogP contribution in [0.15, 0.2) is 24.3 Å². The van der Waals surface area contributed by atoms with Crippen LogP contribution in [0.4, 0.5) is 4.39 Å². The molecule has 24 heavy (non-hydrogen) atoms. The maximum Gasteiger partial charge on any atom is 0.227 e. The average molecular weight is 334 g/mol. The second-order valence-electron chi connectivity index (χ2n) is 6.43. The fourth-order valence-corrected chi connectivity index (χ4v) is 3.82. The monoisotopic (exact) mass is 334 g/mol. The van der Waals surface area contributed by atoms with Crippen LogP contribution in [-0.2, 0) is 20.7 Å². The van der Waals surface area contributed by atoms with Crippen molar-refractivity contribution >= 4 is 11.8 Å². The van der Waals surface area contributed by atoms with E-state index in [2.05, 4.69) is 0 Å². The van der Waals surface area contributed by atoms with Gasteiger partial charge in [0.1, 0.15) is 5.82 Å². The summed E-state index contributed by atoms with van der Waals surface area (Å²) in [7, 11) is 1.62. The van der Waals surface area contributed by atoms with Crippen molar-refractivity contribution in [2.24, 2.45) is 0 Å². The second kappa shape index (κ2) is 7.30. The molecule has 6 heteroatoms. The van der Waals surface area contributed by atoms with Crippen molar-refractivity contribution in [1.82, 2.24) is 9.80 Å². The summed E-state index contributed by atoms with van der Waals surface area (Å²) < 4.78 is 18.1. The smallest absolute Gasteiger partial charge is 0.227 e. The Hall–Kier alpha value is -1.95. The Balaban J connectivity index is 1.66. The number of nitrogens with zero attached hydrogens (tertiary/aromatic N) is 2. The molecule has 2 atom stereocenters. The summed E-state index contributed by atoms with van der Waals surface area (Å²) in [4.78, 5) is 28.6. The molecular formula is C18H23FN2O3. The molecule has 0 spiro atoms. The lowest BCUT2D eigenvalue weighted by molar-refractivity contribution is -0.142. The molecule has 1 aromatic carbocycles. The fourth-order valence-electron chi connectivity index (χ4n) is 3.82. The number of halogens is 1. The van der Waals surface area contributed by atoms with Gasteiger partial charge in [-0.3, -0.25) is 9.59 Å². The molecule has 2 unspecified atom stereocenters. The van der Waals surface area contributed by atoms with Gasteiger partial charge in [-0.05, 0) is 30.5 Å². The summed E-state index contributed by atoms with van der Waals surface area (Å²) in [5.74, 6) is -0.0942. The molecule has 0 saturated carbocycles. The lowest BCUT2D eigenvalue weighted by Gasteiger charge is -2.39. The van der Waals surface area contributed by atoms with Crippen LogP contribution >= 0.6 is 0 Å². The first-order valence-electron chi connectivity index (χ1n) is 8.42. The number of amides is 2. The molecule has 130 valence electrons. The topological polar surface area (TPSA) is 49.9 Å². The third kappa shape index (κ3) is 3.43. The fraction of sp³-hybridized carbons (Fsp3) is 0.556. The molecule has 2 aliphatic heterocycles. The summed E-state index contributed by atoms with van der Waals surface area (Å²) in [6.07, 6.45) is 2.29. The Bertz CT molecular complexity index is 605. The van der Waals surface area contributed by atoms with Crippen LogP contribution in [0.25, 0.3) is 0 Å². The van der Waals surface area contributed by atoms with E-state index in [0.29, 0.717) is 26.1 Å². The minimum atomic E-state index is -0.299. The van der Waals surface area contributed by atoms with Gasteiger partial charge in [-0.25, -0.2) is 4.39 Å². The van der Waals surface area contributed by atoms with E-state index in [1.165, 1.54) is 12.1 Å². The van der Waals surface area contributed by atoms with Crippen LogP contribution < -0.4 is 0 Å². The highest BCUT2D eigenvalue weighted by molar-refractivity contribution is 5.81. The van der Waals surface area contributed by atoms with Gasteiger partial charge in [0.15, 0.2) is 0 Å². The summed E-state index contributed by atoms with van der Waals surface area (Å²) in [6.45, 7) is 1.76. The molecule has 2 heterocycles. The number of likely N-dealkylation sites (tertiary alicyclic amines) is 2. The number of methoxy groups -OCH3 is 1. The van der Waals surface area contributed by atoms with Crippen molar-refractivity contribution in [1.29, 1.82) is 0 Å². The molecule has 2 aliphatic rings. The Kier molecular flexibility index (Phi) is 5.14. The molecule has 5 nitrogen and oxygen atoms in total. The van der Waals surface area contributed by atoms with Crippen LogP contribution in [0, 0.1) is 5.82 Å². The van der Waals surface area contributed by atoms with Crippen molar-refractivity contribution in [3.63, 3.8) is 0 Å². The lowest BCUT2D eigenvalue weighted by Crippen LogP contribution is -2.54. The van der Waals surface area contributed by atoms with Gasteiger partial charge in [-0.2, -0.15) is 0 Å². The van der Waals surface area contributed by atoms with Gasteiger partial charge in [0, 0.05) is 26.6 Å². The van der Waals surface area contributed by atoms with E-state index >= 15 is 0 Å². The minimum Gasteiger partial charge on any atom is -0.383 e. The Labute approximate surface area is 141 Å². The van der Waals surface area contributed by atoms with Crippen LogP contribution in [0.5, 0.6) is 0 Å². The zero-order valence-corrected chi connectivity index (χ0v) is 13.9. The number of benzene rings is 1. The van der Waals surface area contributed by atoms with E-state index in [1.54, 1.807) is 19.2 Å². The van der Waals surface area contributed by atoms with Crippen molar-refractivity contribution in [3.8, 4) is 0 Å². The molecule has 0 aromatic heterocycles. The highest BCUT2D eigenvalue weighted by Gasteiger charge is 2.44.